The van der Waals surface area contributed by atoms with Gasteiger partial charge in [0.1, 0.15) is 5.76 Å². The van der Waals surface area contributed by atoms with Crippen molar-refractivity contribution in [2.24, 2.45) is 0 Å². The zero-order valence-electron chi connectivity index (χ0n) is 5.86. The van der Waals surface area contributed by atoms with Crippen LogP contribution in [0, 0.1) is 0 Å². The lowest BCUT2D eigenvalue weighted by atomic mass is 10.3. The highest BCUT2D eigenvalue weighted by atomic mass is 16.4. The fourth-order valence-corrected chi connectivity index (χ4v) is 0.662. The molecule has 1 aromatic rings. The van der Waals surface area contributed by atoms with Crippen LogP contribution >= 0.6 is 0 Å². The van der Waals surface area contributed by atoms with Crippen LogP contribution in [0.5, 0.6) is 0 Å². The predicted molar refractivity (Wildman–Crippen MR) is 40.0 cm³/mol. The molecule has 3 nitrogen and oxygen atoms in total. The van der Waals surface area contributed by atoms with Crippen molar-refractivity contribution in [3.05, 3.63) is 30.2 Å². The maximum atomic E-state index is 10.0. The van der Waals surface area contributed by atoms with Gasteiger partial charge in [0.25, 0.3) is 0 Å². The van der Waals surface area contributed by atoms with Crippen molar-refractivity contribution < 1.29 is 14.3 Å². The normalized spacial score (nSPS) is 10.5. The molecule has 1 N–H and O–H groups in total. The molecule has 0 radical (unpaired) electrons. The monoisotopic (exact) mass is 152 g/mol. The van der Waals surface area contributed by atoms with Gasteiger partial charge in [-0.2, -0.15) is 0 Å². The van der Waals surface area contributed by atoms with Crippen LogP contribution in [-0.4, -0.2) is 11.1 Å². The first kappa shape index (κ1) is 7.60. The van der Waals surface area contributed by atoms with Crippen molar-refractivity contribution in [2.45, 2.75) is 6.42 Å². The van der Waals surface area contributed by atoms with Crippen molar-refractivity contribution in [2.75, 3.05) is 0 Å². The number of carboxylic acid groups (broad SMARTS) is 1. The molecule has 0 spiro atoms. The van der Waals surface area contributed by atoms with E-state index in [0.717, 1.165) is 0 Å². The van der Waals surface area contributed by atoms with Crippen LogP contribution in [0.25, 0.3) is 6.08 Å². The van der Waals surface area contributed by atoms with E-state index in [-0.39, 0.29) is 6.42 Å². The van der Waals surface area contributed by atoms with E-state index < -0.39 is 5.97 Å². The number of carbonyl (C=O) groups is 1. The van der Waals surface area contributed by atoms with Crippen LogP contribution in [0.4, 0.5) is 0 Å². The predicted octanol–water partition coefficient (Wildman–Crippen LogP) is 1.77. The minimum absolute atomic E-state index is 0.0285. The van der Waals surface area contributed by atoms with Gasteiger partial charge in [-0.1, -0.05) is 6.08 Å². The molecule has 0 bridgehead atoms. The molecule has 0 aliphatic rings. The smallest absolute Gasteiger partial charge is 0.307 e. The summed E-state index contributed by atoms with van der Waals surface area (Å²) in [5.41, 5.74) is 0. The first-order valence-electron chi connectivity index (χ1n) is 3.21. The summed E-state index contributed by atoms with van der Waals surface area (Å²) in [5.74, 6) is -0.168. The second kappa shape index (κ2) is 3.61. The highest BCUT2D eigenvalue weighted by molar-refractivity contribution is 5.70. The maximum absolute atomic E-state index is 10.0. The molecule has 0 aliphatic heterocycles. The van der Waals surface area contributed by atoms with Crippen molar-refractivity contribution in [3.8, 4) is 0 Å². The number of rotatable bonds is 3. The molecule has 0 saturated carbocycles. The SMILES string of the molecule is O=C(O)CC=Cc1ccco1. The van der Waals surface area contributed by atoms with E-state index >= 15 is 0 Å². The zero-order valence-corrected chi connectivity index (χ0v) is 5.86. The Kier molecular flexibility index (Phi) is 2.49. The second-order valence-corrected chi connectivity index (χ2v) is 2.02. The van der Waals surface area contributed by atoms with Crippen LogP contribution in [0.15, 0.2) is 28.9 Å². The molecule has 0 atom stereocenters. The Balaban J connectivity index is 2.43. The van der Waals surface area contributed by atoms with Gasteiger partial charge >= 0.3 is 5.97 Å². The van der Waals surface area contributed by atoms with E-state index in [1.807, 2.05) is 0 Å². The van der Waals surface area contributed by atoms with Gasteiger partial charge in [-0.15, -0.1) is 0 Å². The summed E-state index contributed by atoms with van der Waals surface area (Å²) in [7, 11) is 0. The number of hydrogen-bond donors (Lipinski definition) is 1. The van der Waals surface area contributed by atoms with Crippen LogP contribution in [0.3, 0.4) is 0 Å². The summed E-state index contributed by atoms with van der Waals surface area (Å²) in [6.45, 7) is 0. The molecule has 0 aromatic carbocycles. The second-order valence-electron chi connectivity index (χ2n) is 2.02. The van der Waals surface area contributed by atoms with E-state index in [2.05, 4.69) is 0 Å². The van der Waals surface area contributed by atoms with Gasteiger partial charge in [0, 0.05) is 0 Å². The molecule has 1 rings (SSSR count). The van der Waals surface area contributed by atoms with Gasteiger partial charge in [0.05, 0.1) is 12.7 Å². The third-order valence-electron chi connectivity index (χ3n) is 1.12. The lowest BCUT2D eigenvalue weighted by Crippen LogP contribution is -1.89. The molecule has 0 fully saturated rings. The van der Waals surface area contributed by atoms with E-state index in [0.29, 0.717) is 5.76 Å². The fourth-order valence-electron chi connectivity index (χ4n) is 0.662. The Labute approximate surface area is 64.0 Å². The van der Waals surface area contributed by atoms with E-state index in [1.165, 1.54) is 0 Å². The Hall–Kier alpha value is -1.51. The summed E-state index contributed by atoms with van der Waals surface area (Å²) in [6, 6.07) is 3.51. The van der Waals surface area contributed by atoms with Crippen LogP contribution in [0.2, 0.25) is 0 Å². The molecular weight excluding hydrogens is 144 g/mol. The largest absolute Gasteiger partial charge is 0.481 e. The molecule has 1 heterocycles. The van der Waals surface area contributed by atoms with Gasteiger partial charge in [0.2, 0.25) is 0 Å². The molecule has 0 aliphatic carbocycles. The molecule has 3 heteroatoms. The van der Waals surface area contributed by atoms with Gasteiger partial charge < -0.3 is 9.52 Å². The van der Waals surface area contributed by atoms with Gasteiger partial charge in [-0.25, -0.2) is 0 Å². The lowest BCUT2D eigenvalue weighted by Gasteiger charge is -1.82. The van der Waals surface area contributed by atoms with E-state index in [4.69, 9.17) is 9.52 Å². The first-order chi connectivity index (χ1) is 5.29. The molecule has 11 heavy (non-hydrogen) atoms. The Bertz CT molecular complexity index is 246. The van der Waals surface area contributed by atoms with E-state index in [9.17, 15) is 4.79 Å². The zero-order chi connectivity index (χ0) is 8.10. The Morgan fingerprint density at radius 2 is 2.55 bits per heavy atom. The molecule has 0 saturated heterocycles. The van der Waals surface area contributed by atoms with Crippen molar-refractivity contribution in [1.82, 2.24) is 0 Å². The van der Waals surface area contributed by atoms with Crippen molar-refractivity contribution >= 4 is 12.0 Å². The van der Waals surface area contributed by atoms with Crippen molar-refractivity contribution in [3.63, 3.8) is 0 Å². The first-order valence-corrected chi connectivity index (χ1v) is 3.21. The topological polar surface area (TPSA) is 50.4 Å². The molecule has 1 aromatic heterocycles. The van der Waals surface area contributed by atoms with Crippen LogP contribution < -0.4 is 0 Å². The van der Waals surface area contributed by atoms with Gasteiger partial charge in [-0.05, 0) is 18.2 Å². The highest BCUT2D eigenvalue weighted by Gasteiger charge is 1.90. The summed E-state index contributed by atoms with van der Waals surface area (Å²) < 4.78 is 4.94. The number of furan rings is 1. The standard InChI is InChI=1S/C8H8O3/c9-8(10)5-1-3-7-4-2-6-11-7/h1-4,6H,5H2,(H,9,10). The molecular formula is C8H8O3. The van der Waals surface area contributed by atoms with Gasteiger partial charge in [0.15, 0.2) is 0 Å². The van der Waals surface area contributed by atoms with Crippen LogP contribution in [-0.2, 0) is 4.79 Å². The number of hydrogen-bond acceptors (Lipinski definition) is 2. The molecule has 58 valence electrons. The molecule has 0 unspecified atom stereocenters. The highest BCUT2D eigenvalue weighted by Crippen LogP contribution is 2.02. The summed E-state index contributed by atoms with van der Waals surface area (Å²) >= 11 is 0. The van der Waals surface area contributed by atoms with Crippen LogP contribution in [0.1, 0.15) is 12.2 Å². The average molecular weight is 152 g/mol. The Morgan fingerprint density at radius 1 is 1.73 bits per heavy atom. The summed E-state index contributed by atoms with van der Waals surface area (Å²) in [4.78, 5) is 10.0. The van der Waals surface area contributed by atoms with Gasteiger partial charge in [-0.3, -0.25) is 4.79 Å². The summed E-state index contributed by atoms with van der Waals surface area (Å²) in [6.07, 6.45) is 4.75. The molecule has 0 amide bonds. The van der Waals surface area contributed by atoms with E-state index in [1.54, 1.807) is 30.5 Å². The number of aliphatic carboxylic acids is 1. The minimum atomic E-state index is -0.840. The van der Waals surface area contributed by atoms with Crippen molar-refractivity contribution in [1.29, 1.82) is 0 Å². The number of carboxylic acids is 1. The quantitative estimate of drug-likeness (QED) is 0.718. The third-order valence-corrected chi connectivity index (χ3v) is 1.12. The maximum Gasteiger partial charge on any atom is 0.307 e. The summed E-state index contributed by atoms with van der Waals surface area (Å²) in [5, 5.41) is 8.26. The third kappa shape index (κ3) is 2.71. The minimum Gasteiger partial charge on any atom is -0.481 e. The lowest BCUT2D eigenvalue weighted by molar-refractivity contribution is -0.135. The Morgan fingerprint density at radius 3 is 3.09 bits per heavy atom. The average Bonchev–Trinajstić information content (AvgIpc) is 2.39. The fraction of sp³-hybridized carbons (Fsp3) is 0.125.